The molecule has 0 spiro atoms. The van der Waals surface area contributed by atoms with Crippen LogP contribution in [0.4, 0.5) is 10.1 Å². The maximum absolute atomic E-state index is 13.5. The van der Waals surface area contributed by atoms with E-state index in [1.54, 1.807) is 13.0 Å². The Balaban J connectivity index is 2.36. The zero-order valence-corrected chi connectivity index (χ0v) is 10.2. The SMILES string of the molecule is Cc1ccc(F)c(Oc2cc(C(N)=O)c(N)cn2)c1. The summed E-state index contributed by atoms with van der Waals surface area (Å²) in [5.41, 5.74) is 11.8. The zero-order chi connectivity index (χ0) is 14.0. The Morgan fingerprint density at radius 1 is 1.37 bits per heavy atom. The molecule has 1 aromatic carbocycles. The van der Waals surface area contributed by atoms with Crippen molar-refractivity contribution in [3.8, 4) is 11.6 Å². The summed E-state index contributed by atoms with van der Waals surface area (Å²) < 4.78 is 18.8. The van der Waals surface area contributed by atoms with E-state index in [0.717, 1.165) is 5.56 Å². The lowest BCUT2D eigenvalue weighted by Gasteiger charge is -2.08. The van der Waals surface area contributed by atoms with Crippen molar-refractivity contribution in [2.45, 2.75) is 6.92 Å². The van der Waals surface area contributed by atoms with Gasteiger partial charge in [0.1, 0.15) is 0 Å². The Labute approximate surface area is 109 Å². The number of aromatic nitrogens is 1. The molecular formula is C13H12FN3O2. The number of nitrogen functional groups attached to an aromatic ring is 1. The number of primary amides is 1. The van der Waals surface area contributed by atoms with Gasteiger partial charge in [-0.1, -0.05) is 6.07 Å². The second-order valence-corrected chi connectivity index (χ2v) is 4.01. The van der Waals surface area contributed by atoms with Gasteiger partial charge in [-0.15, -0.1) is 0 Å². The third-order valence-corrected chi connectivity index (χ3v) is 2.48. The molecule has 6 heteroatoms. The van der Waals surface area contributed by atoms with Crippen molar-refractivity contribution in [2.75, 3.05) is 5.73 Å². The quantitative estimate of drug-likeness (QED) is 0.884. The van der Waals surface area contributed by atoms with Crippen LogP contribution in [0.1, 0.15) is 15.9 Å². The fourth-order valence-corrected chi connectivity index (χ4v) is 1.52. The minimum absolute atomic E-state index is 0.0210. The number of benzene rings is 1. The van der Waals surface area contributed by atoms with E-state index in [9.17, 15) is 9.18 Å². The van der Waals surface area contributed by atoms with Crippen molar-refractivity contribution in [3.63, 3.8) is 0 Å². The van der Waals surface area contributed by atoms with Crippen molar-refractivity contribution in [3.05, 3.63) is 47.4 Å². The second-order valence-electron chi connectivity index (χ2n) is 4.01. The van der Waals surface area contributed by atoms with Crippen LogP contribution in [0.3, 0.4) is 0 Å². The summed E-state index contributed by atoms with van der Waals surface area (Å²) in [5, 5.41) is 0. The molecule has 0 atom stereocenters. The van der Waals surface area contributed by atoms with Crippen LogP contribution >= 0.6 is 0 Å². The van der Waals surface area contributed by atoms with Crippen molar-refractivity contribution in [1.29, 1.82) is 0 Å². The average molecular weight is 261 g/mol. The van der Waals surface area contributed by atoms with Crippen LogP contribution in [-0.2, 0) is 0 Å². The van der Waals surface area contributed by atoms with Gasteiger partial charge in [0.05, 0.1) is 17.4 Å². The largest absolute Gasteiger partial charge is 0.436 e. The van der Waals surface area contributed by atoms with Gasteiger partial charge >= 0.3 is 0 Å². The van der Waals surface area contributed by atoms with E-state index in [1.165, 1.54) is 24.4 Å². The molecule has 98 valence electrons. The highest BCUT2D eigenvalue weighted by atomic mass is 19.1. The van der Waals surface area contributed by atoms with Gasteiger partial charge in [-0.25, -0.2) is 9.37 Å². The highest BCUT2D eigenvalue weighted by molar-refractivity contribution is 5.98. The Kier molecular flexibility index (Phi) is 3.33. The number of hydrogen-bond acceptors (Lipinski definition) is 4. The minimum Gasteiger partial charge on any atom is -0.436 e. The van der Waals surface area contributed by atoms with E-state index in [1.807, 2.05) is 0 Å². The maximum Gasteiger partial charge on any atom is 0.251 e. The monoisotopic (exact) mass is 261 g/mol. The molecule has 0 radical (unpaired) electrons. The molecule has 0 fully saturated rings. The van der Waals surface area contributed by atoms with Crippen molar-refractivity contribution >= 4 is 11.6 Å². The molecule has 1 amide bonds. The number of aryl methyl sites for hydroxylation is 1. The molecule has 5 nitrogen and oxygen atoms in total. The van der Waals surface area contributed by atoms with Gasteiger partial charge in [0.15, 0.2) is 11.6 Å². The van der Waals surface area contributed by atoms with Gasteiger partial charge in [-0.2, -0.15) is 0 Å². The minimum atomic E-state index is -0.700. The number of halogens is 1. The van der Waals surface area contributed by atoms with E-state index in [-0.39, 0.29) is 22.9 Å². The number of carbonyl (C=O) groups excluding carboxylic acids is 1. The molecule has 0 aliphatic rings. The molecule has 1 heterocycles. The van der Waals surface area contributed by atoms with Gasteiger partial charge in [0.2, 0.25) is 5.88 Å². The van der Waals surface area contributed by atoms with Crippen LogP contribution < -0.4 is 16.2 Å². The number of hydrogen-bond donors (Lipinski definition) is 2. The van der Waals surface area contributed by atoms with Crippen LogP contribution in [0.25, 0.3) is 0 Å². The van der Waals surface area contributed by atoms with Gasteiger partial charge in [-0.05, 0) is 24.6 Å². The van der Waals surface area contributed by atoms with Crippen molar-refractivity contribution in [2.24, 2.45) is 5.73 Å². The Hall–Kier alpha value is -2.63. The molecule has 2 rings (SSSR count). The van der Waals surface area contributed by atoms with Crippen LogP contribution in [-0.4, -0.2) is 10.9 Å². The molecule has 0 unspecified atom stereocenters. The molecule has 4 N–H and O–H groups in total. The molecule has 1 aromatic heterocycles. The molecule has 19 heavy (non-hydrogen) atoms. The van der Waals surface area contributed by atoms with Crippen LogP contribution in [0.2, 0.25) is 0 Å². The molecule has 2 aromatic rings. The van der Waals surface area contributed by atoms with Crippen molar-refractivity contribution < 1.29 is 13.9 Å². The van der Waals surface area contributed by atoms with Crippen LogP contribution in [0.15, 0.2) is 30.5 Å². The molecule has 0 saturated heterocycles. The summed E-state index contributed by atoms with van der Waals surface area (Å²) >= 11 is 0. The molecule has 0 aliphatic carbocycles. The third-order valence-electron chi connectivity index (χ3n) is 2.48. The summed E-state index contributed by atoms with van der Waals surface area (Å²) in [6.07, 6.45) is 1.24. The molecule has 0 bridgehead atoms. The lowest BCUT2D eigenvalue weighted by Crippen LogP contribution is -2.14. The lowest BCUT2D eigenvalue weighted by atomic mass is 10.2. The number of anilines is 1. The van der Waals surface area contributed by atoms with E-state index < -0.39 is 11.7 Å². The van der Waals surface area contributed by atoms with E-state index in [0.29, 0.717) is 0 Å². The molecular weight excluding hydrogens is 249 g/mol. The second kappa shape index (κ2) is 4.93. The number of rotatable bonds is 3. The van der Waals surface area contributed by atoms with E-state index >= 15 is 0 Å². The summed E-state index contributed by atoms with van der Waals surface area (Å²) in [5.74, 6) is -1.15. The van der Waals surface area contributed by atoms with Gasteiger partial charge in [0.25, 0.3) is 5.91 Å². The molecule has 0 aliphatic heterocycles. The number of amides is 1. The predicted octanol–water partition coefficient (Wildman–Crippen LogP) is 2.00. The number of nitrogens with zero attached hydrogens (tertiary/aromatic N) is 1. The highest BCUT2D eigenvalue weighted by Crippen LogP contribution is 2.25. The molecule has 0 saturated carbocycles. The lowest BCUT2D eigenvalue weighted by molar-refractivity contribution is 0.100. The Morgan fingerprint density at radius 2 is 2.11 bits per heavy atom. The summed E-state index contributed by atoms with van der Waals surface area (Å²) in [4.78, 5) is 15.0. The first-order valence-corrected chi connectivity index (χ1v) is 5.46. The summed E-state index contributed by atoms with van der Waals surface area (Å²) in [6, 6.07) is 5.71. The zero-order valence-electron chi connectivity index (χ0n) is 10.2. The van der Waals surface area contributed by atoms with Gasteiger partial charge < -0.3 is 16.2 Å². The first-order valence-electron chi connectivity index (χ1n) is 5.46. The van der Waals surface area contributed by atoms with Crippen LogP contribution in [0, 0.1) is 12.7 Å². The normalized spacial score (nSPS) is 10.2. The maximum atomic E-state index is 13.5. The number of carbonyl (C=O) groups is 1. The summed E-state index contributed by atoms with van der Waals surface area (Å²) in [7, 11) is 0. The fraction of sp³-hybridized carbons (Fsp3) is 0.0769. The standard InChI is InChI=1S/C13H12FN3O2/c1-7-2-3-9(14)11(4-7)19-12-5-8(13(16)18)10(15)6-17-12/h2-6H,15H2,1H3,(H2,16,18). The first kappa shape index (κ1) is 12.8. The van der Waals surface area contributed by atoms with Crippen LogP contribution in [0.5, 0.6) is 11.6 Å². The van der Waals surface area contributed by atoms with E-state index in [2.05, 4.69) is 4.98 Å². The number of nitrogens with two attached hydrogens (primary N) is 2. The smallest absolute Gasteiger partial charge is 0.251 e. The van der Waals surface area contributed by atoms with E-state index in [4.69, 9.17) is 16.2 Å². The highest BCUT2D eigenvalue weighted by Gasteiger charge is 2.11. The van der Waals surface area contributed by atoms with Gasteiger partial charge in [-0.3, -0.25) is 4.79 Å². The topological polar surface area (TPSA) is 91.2 Å². The van der Waals surface area contributed by atoms with Gasteiger partial charge in [0, 0.05) is 6.07 Å². The first-order chi connectivity index (χ1) is 8.97. The third kappa shape index (κ3) is 2.79. The summed E-state index contributed by atoms with van der Waals surface area (Å²) in [6.45, 7) is 1.80. The Bertz CT molecular complexity index is 644. The number of pyridine rings is 1. The fourth-order valence-electron chi connectivity index (χ4n) is 1.52. The van der Waals surface area contributed by atoms with Crippen molar-refractivity contribution in [1.82, 2.24) is 4.98 Å². The predicted molar refractivity (Wildman–Crippen MR) is 68.4 cm³/mol. The Morgan fingerprint density at radius 3 is 2.79 bits per heavy atom. The average Bonchev–Trinajstić information content (AvgIpc) is 2.36. The number of ether oxygens (including phenoxy) is 1.